The van der Waals surface area contributed by atoms with Crippen molar-refractivity contribution in [2.75, 3.05) is 42.0 Å². The largest absolute Gasteiger partial charge is 0.480 e. The number of Topliss-reactive ketones (excluding diaryl/α,β-unsaturated/α-hetero) is 1. The highest BCUT2D eigenvalue weighted by Crippen LogP contribution is 2.31. The number of likely N-dealkylation sites (N-methyl/N-ethyl adjacent to an activating group) is 2. The summed E-state index contributed by atoms with van der Waals surface area (Å²) in [5.74, 6) is -4.29. The zero-order chi connectivity index (χ0) is 42.4. The molecule has 0 unspecified atom stereocenters. The third-order valence-corrected chi connectivity index (χ3v) is 11.5. The summed E-state index contributed by atoms with van der Waals surface area (Å²) in [5.41, 5.74) is 0.774. The molecule has 14 heteroatoms. The van der Waals surface area contributed by atoms with E-state index in [0.717, 1.165) is 5.56 Å². The third-order valence-electron chi connectivity index (χ3n) is 11.5. The first-order chi connectivity index (χ1) is 26.4. The number of carbonyl (C=O) groups excluding carboxylic acids is 5. The van der Waals surface area contributed by atoms with Crippen LogP contribution in [0.2, 0.25) is 0 Å². The Balaban J connectivity index is 2.29. The molecule has 0 radical (unpaired) electrons. The highest BCUT2D eigenvalue weighted by atomic mass is 16.5. The molecule has 1 aliphatic heterocycles. The van der Waals surface area contributed by atoms with E-state index in [9.17, 15) is 33.9 Å². The molecule has 0 bridgehead atoms. The van der Waals surface area contributed by atoms with E-state index >= 15 is 0 Å². The first kappa shape index (κ1) is 48.1. The first-order valence-electron chi connectivity index (χ1n) is 19.9. The number of ether oxygens (including phenoxy) is 3. The predicted molar refractivity (Wildman–Crippen MR) is 213 cm³/mol. The van der Waals surface area contributed by atoms with E-state index in [1.54, 1.807) is 35.9 Å². The van der Waals surface area contributed by atoms with Crippen LogP contribution in [0.5, 0.6) is 0 Å². The first-order valence-corrected chi connectivity index (χ1v) is 19.9. The van der Waals surface area contributed by atoms with Crippen molar-refractivity contribution in [1.29, 1.82) is 0 Å². The smallest absolute Gasteiger partial charge is 0.409 e. The van der Waals surface area contributed by atoms with Crippen LogP contribution in [0.1, 0.15) is 86.1 Å². The van der Waals surface area contributed by atoms with Crippen LogP contribution in [0.15, 0.2) is 30.3 Å². The molecule has 316 valence electrons. The van der Waals surface area contributed by atoms with E-state index in [2.05, 4.69) is 5.32 Å². The molecule has 1 fully saturated rings. The van der Waals surface area contributed by atoms with Gasteiger partial charge in [-0.3, -0.25) is 19.2 Å². The van der Waals surface area contributed by atoms with E-state index in [0.29, 0.717) is 25.8 Å². The molecule has 1 aromatic rings. The topological polar surface area (TPSA) is 172 Å². The van der Waals surface area contributed by atoms with Gasteiger partial charge in [-0.25, -0.2) is 9.59 Å². The van der Waals surface area contributed by atoms with Crippen LogP contribution >= 0.6 is 0 Å². The van der Waals surface area contributed by atoms with Crippen LogP contribution in [-0.4, -0.2) is 134 Å². The lowest BCUT2D eigenvalue weighted by atomic mass is 9.83. The van der Waals surface area contributed by atoms with E-state index in [4.69, 9.17) is 14.2 Å². The number of hydrogen-bond acceptors (Lipinski definition) is 9. The van der Waals surface area contributed by atoms with Gasteiger partial charge in [0.25, 0.3) is 0 Å². The van der Waals surface area contributed by atoms with Gasteiger partial charge in [-0.2, -0.15) is 0 Å². The standard InChI is InChI=1S/C42H68N4O10/c1-13-27(6)37(44(8)40(50)30(25(2)3)23-33(47)36(26(4)5)45(9)42(53)56-12)34(54-10)24-35(48)46-21-17-20-32(46)38(55-11)28(7)39(49)43-31(41(51)52)22-29-18-15-14-16-19-29/h14-16,18-19,25-28,30-32,34,36-38H,13,17,20-24H2,1-12H3,(H,43,49)(H,51,52)/t27-,28+,30-,31-,32-,34+,36-,37-,38+/m0/s1. The number of aliphatic carboxylic acids is 1. The molecule has 0 spiro atoms. The molecule has 0 saturated carbocycles. The molecule has 2 rings (SSSR count). The van der Waals surface area contributed by atoms with Crippen LogP contribution in [-0.2, 0) is 44.6 Å². The number of rotatable bonds is 22. The molecule has 9 atom stereocenters. The molecule has 1 aromatic carbocycles. The minimum absolute atomic E-state index is 0.0422. The summed E-state index contributed by atoms with van der Waals surface area (Å²) >= 11 is 0. The third kappa shape index (κ3) is 12.5. The Morgan fingerprint density at radius 3 is 2.02 bits per heavy atom. The highest BCUT2D eigenvalue weighted by molar-refractivity contribution is 5.92. The number of amides is 4. The van der Waals surface area contributed by atoms with Crippen molar-refractivity contribution in [2.24, 2.45) is 29.6 Å². The van der Waals surface area contributed by atoms with Crippen molar-refractivity contribution in [1.82, 2.24) is 20.0 Å². The maximum absolute atomic E-state index is 14.4. The van der Waals surface area contributed by atoms with Crippen LogP contribution < -0.4 is 5.32 Å². The Hall–Kier alpha value is -4.04. The minimum Gasteiger partial charge on any atom is -0.480 e. The second-order valence-corrected chi connectivity index (χ2v) is 16.0. The molecule has 56 heavy (non-hydrogen) atoms. The summed E-state index contributed by atoms with van der Waals surface area (Å²) < 4.78 is 16.7. The summed E-state index contributed by atoms with van der Waals surface area (Å²) in [5, 5.41) is 12.6. The molecule has 1 saturated heterocycles. The second kappa shape index (κ2) is 22.6. The van der Waals surface area contributed by atoms with E-state index in [-0.39, 0.29) is 54.6 Å². The van der Waals surface area contributed by atoms with Gasteiger partial charge < -0.3 is 39.3 Å². The number of carboxylic acid groups (broad SMARTS) is 1. The lowest BCUT2D eigenvalue weighted by Gasteiger charge is -2.41. The zero-order valence-corrected chi connectivity index (χ0v) is 35.7. The van der Waals surface area contributed by atoms with E-state index in [1.807, 2.05) is 59.7 Å². The maximum Gasteiger partial charge on any atom is 0.409 e. The van der Waals surface area contributed by atoms with Crippen LogP contribution in [0.25, 0.3) is 0 Å². The number of carboxylic acids is 1. The lowest BCUT2D eigenvalue weighted by Crippen LogP contribution is -2.55. The quantitative estimate of drug-likeness (QED) is 0.168. The molecular formula is C42H68N4O10. The lowest BCUT2D eigenvalue weighted by molar-refractivity contribution is -0.149. The van der Waals surface area contributed by atoms with E-state index < -0.39 is 66.2 Å². The molecule has 0 aromatic heterocycles. The molecule has 4 amide bonds. The number of likely N-dealkylation sites (tertiary alicyclic amines) is 1. The van der Waals surface area contributed by atoms with Gasteiger partial charge in [-0.1, -0.05) is 85.2 Å². The number of ketones is 1. The maximum atomic E-state index is 14.4. The average Bonchev–Trinajstić information content (AvgIpc) is 3.65. The normalized spacial score (nSPS) is 18.6. The van der Waals surface area contributed by atoms with Crippen molar-refractivity contribution in [2.45, 2.75) is 123 Å². The van der Waals surface area contributed by atoms with Crippen LogP contribution in [0.3, 0.4) is 0 Å². The summed E-state index contributed by atoms with van der Waals surface area (Å²) in [6.07, 6.45) is -0.0694. The molecule has 1 aliphatic rings. The average molecular weight is 789 g/mol. The number of carbonyl (C=O) groups is 6. The second-order valence-electron chi connectivity index (χ2n) is 16.0. The molecule has 14 nitrogen and oxygen atoms in total. The van der Waals surface area contributed by atoms with Crippen molar-refractivity contribution in [3.63, 3.8) is 0 Å². The van der Waals surface area contributed by atoms with Gasteiger partial charge in [0.05, 0.1) is 49.8 Å². The van der Waals surface area contributed by atoms with Gasteiger partial charge in [0.15, 0.2) is 5.78 Å². The van der Waals surface area contributed by atoms with E-state index in [1.165, 1.54) is 33.3 Å². The highest BCUT2D eigenvalue weighted by Gasteiger charge is 2.44. The number of benzene rings is 1. The summed E-state index contributed by atoms with van der Waals surface area (Å²) in [4.78, 5) is 84.9. The molecule has 2 N–H and O–H groups in total. The Labute approximate surface area is 333 Å². The fourth-order valence-electron chi connectivity index (χ4n) is 8.16. The number of nitrogens with zero attached hydrogens (tertiary/aromatic N) is 3. The number of methoxy groups -OCH3 is 3. The van der Waals surface area contributed by atoms with Gasteiger partial charge in [0.1, 0.15) is 6.04 Å². The monoisotopic (exact) mass is 788 g/mol. The summed E-state index contributed by atoms with van der Waals surface area (Å²) in [7, 11) is 7.47. The fourth-order valence-corrected chi connectivity index (χ4v) is 8.16. The number of hydrogen-bond donors (Lipinski definition) is 2. The van der Waals surface area contributed by atoms with Crippen molar-refractivity contribution >= 4 is 35.6 Å². The Morgan fingerprint density at radius 2 is 1.52 bits per heavy atom. The van der Waals surface area contributed by atoms with Gasteiger partial charge in [-0.05, 0) is 36.2 Å². The van der Waals surface area contributed by atoms with Gasteiger partial charge >= 0.3 is 12.1 Å². The van der Waals surface area contributed by atoms with Gasteiger partial charge in [0, 0.05) is 53.6 Å². The Bertz CT molecular complexity index is 1460. The van der Waals surface area contributed by atoms with Crippen LogP contribution in [0.4, 0.5) is 4.79 Å². The minimum atomic E-state index is -1.15. The Morgan fingerprint density at radius 1 is 0.893 bits per heavy atom. The SMILES string of the molecule is CC[C@H](C)[C@@H]([C@@H](CC(=O)N1CCC[C@H]1[C@H](OC)[C@@H](C)C(=O)N[C@@H](Cc1ccccc1)C(=O)O)OC)N(C)C(=O)[C@@H](CC(=O)[C@H](C(C)C)N(C)C(=O)OC)C(C)C. The number of nitrogens with one attached hydrogen (secondary N) is 1. The van der Waals surface area contributed by atoms with Crippen molar-refractivity contribution < 1.29 is 48.1 Å². The van der Waals surface area contributed by atoms with Gasteiger partial charge in [0.2, 0.25) is 17.7 Å². The van der Waals surface area contributed by atoms with Gasteiger partial charge in [-0.15, -0.1) is 0 Å². The van der Waals surface area contributed by atoms with Crippen molar-refractivity contribution in [3.8, 4) is 0 Å². The predicted octanol–water partition coefficient (Wildman–Crippen LogP) is 4.67. The molecule has 1 heterocycles. The molecule has 0 aliphatic carbocycles. The Kier molecular flexibility index (Phi) is 19.4. The zero-order valence-electron chi connectivity index (χ0n) is 35.7. The summed E-state index contributed by atoms with van der Waals surface area (Å²) in [6.45, 7) is 13.6. The van der Waals surface area contributed by atoms with Crippen molar-refractivity contribution in [3.05, 3.63) is 35.9 Å². The summed E-state index contributed by atoms with van der Waals surface area (Å²) in [6, 6.07) is 6.18. The molecular weight excluding hydrogens is 720 g/mol. The van der Waals surface area contributed by atoms with Crippen LogP contribution in [0, 0.1) is 29.6 Å². The fraction of sp³-hybridized carbons (Fsp3) is 0.714.